The Bertz CT molecular complexity index is 1120. The molecule has 0 bridgehead atoms. The number of carbonyl (C=O) groups is 1. The molecule has 3 aromatic carbocycles. The maximum Gasteiger partial charge on any atom is 0.239 e. The molecule has 1 aliphatic rings. The fourth-order valence-electron chi connectivity index (χ4n) is 3.18. The van der Waals surface area contributed by atoms with Crippen molar-refractivity contribution < 1.29 is 14.3 Å². The standard InChI is InChI=1S/C25H23N3O3S/c1-30-22-14-20(12-13-21(22)31-17-19-10-6-3-7-11-19)16-26-28-25-27-24(29)23(32-25)15-18-8-4-2-5-9-18/h2-14,16,23H,15,17H2,1H3,(H,27,28,29). The lowest BCUT2D eigenvalue weighted by molar-refractivity contribution is -0.118. The molecule has 162 valence electrons. The molecule has 1 N–H and O–H groups in total. The Labute approximate surface area is 191 Å². The summed E-state index contributed by atoms with van der Waals surface area (Å²) in [4.78, 5) is 12.2. The van der Waals surface area contributed by atoms with Crippen LogP contribution in [0.5, 0.6) is 11.5 Å². The lowest BCUT2D eigenvalue weighted by Gasteiger charge is -2.11. The van der Waals surface area contributed by atoms with E-state index in [1.54, 1.807) is 13.3 Å². The Morgan fingerprint density at radius 2 is 1.69 bits per heavy atom. The summed E-state index contributed by atoms with van der Waals surface area (Å²) in [7, 11) is 1.60. The van der Waals surface area contributed by atoms with Gasteiger partial charge in [0.1, 0.15) is 6.61 Å². The number of nitrogens with one attached hydrogen (secondary N) is 1. The Kier molecular flexibility index (Phi) is 7.19. The van der Waals surface area contributed by atoms with Crippen molar-refractivity contribution in [3.8, 4) is 11.5 Å². The summed E-state index contributed by atoms with van der Waals surface area (Å²) >= 11 is 1.39. The third kappa shape index (κ3) is 5.76. The molecule has 1 heterocycles. The average Bonchev–Trinajstić information content (AvgIpc) is 3.18. The van der Waals surface area contributed by atoms with E-state index in [0.717, 1.165) is 16.7 Å². The van der Waals surface area contributed by atoms with Crippen LogP contribution in [0.1, 0.15) is 16.7 Å². The van der Waals surface area contributed by atoms with Gasteiger partial charge >= 0.3 is 0 Å². The van der Waals surface area contributed by atoms with Crippen LogP contribution in [-0.4, -0.2) is 29.6 Å². The van der Waals surface area contributed by atoms with Crippen LogP contribution in [0.2, 0.25) is 0 Å². The molecule has 0 saturated carbocycles. The van der Waals surface area contributed by atoms with Crippen LogP contribution >= 0.6 is 11.8 Å². The molecule has 0 spiro atoms. The first kappa shape index (κ1) is 21.6. The smallest absolute Gasteiger partial charge is 0.239 e. The molecule has 1 aliphatic heterocycles. The fraction of sp³-hybridized carbons (Fsp3) is 0.160. The van der Waals surface area contributed by atoms with E-state index in [2.05, 4.69) is 15.5 Å². The van der Waals surface area contributed by atoms with Crippen LogP contribution in [0.15, 0.2) is 89.1 Å². The molecule has 3 aromatic rings. The van der Waals surface area contributed by atoms with Crippen LogP contribution in [0.4, 0.5) is 0 Å². The molecule has 1 amide bonds. The van der Waals surface area contributed by atoms with E-state index >= 15 is 0 Å². The zero-order chi connectivity index (χ0) is 22.2. The lowest BCUT2D eigenvalue weighted by Crippen LogP contribution is -2.25. The predicted octanol–water partition coefficient (Wildman–Crippen LogP) is 4.44. The van der Waals surface area contributed by atoms with Crippen molar-refractivity contribution in [2.75, 3.05) is 7.11 Å². The van der Waals surface area contributed by atoms with Gasteiger partial charge < -0.3 is 14.8 Å². The highest BCUT2D eigenvalue weighted by Gasteiger charge is 2.30. The molecule has 32 heavy (non-hydrogen) atoms. The molecule has 1 fully saturated rings. The minimum atomic E-state index is -0.201. The quantitative estimate of drug-likeness (QED) is 0.411. The minimum absolute atomic E-state index is 0.0469. The van der Waals surface area contributed by atoms with Crippen LogP contribution < -0.4 is 14.8 Å². The number of amides is 1. The number of carbonyl (C=O) groups excluding carboxylic acids is 1. The monoisotopic (exact) mass is 445 g/mol. The largest absolute Gasteiger partial charge is 0.493 e. The highest BCUT2D eigenvalue weighted by Crippen LogP contribution is 2.28. The molecule has 7 heteroatoms. The Morgan fingerprint density at radius 3 is 2.41 bits per heavy atom. The molecule has 1 unspecified atom stereocenters. The molecule has 1 saturated heterocycles. The molecular formula is C25H23N3O3S. The van der Waals surface area contributed by atoms with Crippen molar-refractivity contribution in [2.45, 2.75) is 18.3 Å². The second-order valence-electron chi connectivity index (χ2n) is 7.12. The normalized spacial score (nSPS) is 17.0. The average molecular weight is 446 g/mol. The summed E-state index contributed by atoms with van der Waals surface area (Å²) in [6, 6.07) is 25.4. The predicted molar refractivity (Wildman–Crippen MR) is 128 cm³/mol. The highest BCUT2D eigenvalue weighted by atomic mass is 32.2. The van der Waals surface area contributed by atoms with Gasteiger partial charge in [-0.2, -0.15) is 5.10 Å². The van der Waals surface area contributed by atoms with Gasteiger partial charge in [-0.1, -0.05) is 72.4 Å². The van der Waals surface area contributed by atoms with Crippen LogP contribution in [0.25, 0.3) is 0 Å². The molecule has 0 aliphatic carbocycles. The number of benzene rings is 3. The first-order chi connectivity index (χ1) is 15.7. The first-order valence-electron chi connectivity index (χ1n) is 10.2. The van der Waals surface area contributed by atoms with Crippen molar-refractivity contribution in [3.63, 3.8) is 0 Å². The third-order valence-electron chi connectivity index (χ3n) is 4.82. The molecule has 0 radical (unpaired) electrons. The summed E-state index contributed by atoms with van der Waals surface area (Å²) in [6.45, 7) is 0.458. The van der Waals surface area contributed by atoms with Gasteiger partial charge in [-0.15, -0.1) is 5.10 Å². The van der Waals surface area contributed by atoms with Crippen LogP contribution in [-0.2, 0) is 17.8 Å². The number of hydrogen-bond acceptors (Lipinski definition) is 6. The summed E-state index contributed by atoms with van der Waals surface area (Å²) in [6.07, 6.45) is 2.27. The fourth-order valence-corrected chi connectivity index (χ4v) is 4.15. The second kappa shape index (κ2) is 10.6. The van der Waals surface area contributed by atoms with E-state index in [-0.39, 0.29) is 11.2 Å². The van der Waals surface area contributed by atoms with Gasteiger partial charge in [-0.05, 0) is 41.3 Å². The topological polar surface area (TPSA) is 72.3 Å². The SMILES string of the molecule is COc1cc(C=NN=C2NC(=O)C(Cc3ccccc3)S2)ccc1OCc1ccccc1. The molecule has 4 rings (SSSR count). The number of hydrogen-bond donors (Lipinski definition) is 1. The summed E-state index contributed by atoms with van der Waals surface area (Å²) in [5, 5.41) is 11.4. The van der Waals surface area contributed by atoms with Gasteiger partial charge in [0.25, 0.3) is 0 Å². The lowest BCUT2D eigenvalue weighted by atomic mass is 10.1. The van der Waals surface area contributed by atoms with Crippen molar-refractivity contribution in [1.29, 1.82) is 0 Å². The van der Waals surface area contributed by atoms with Crippen molar-refractivity contribution in [1.82, 2.24) is 5.32 Å². The van der Waals surface area contributed by atoms with Crippen LogP contribution in [0.3, 0.4) is 0 Å². The van der Waals surface area contributed by atoms with Gasteiger partial charge in [0, 0.05) is 0 Å². The van der Waals surface area contributed by atoms with E-state index in [1.165, 1.54) is 11.8 Å². The Hall–Kier alpha value is -3.58. The number of ether oxygens (including phenoxy) is 2. The third-order valence-corrected chi connectivity index (χ3v) is 5.89. The number of nitrogens with zero attached hydrogens (tertiary/aromatic N) is 2. The maximum atomic E-state index is 12.2. The van der Waals surface area contributed by atoms with E-state index in [9.17, 15) is 4.79 Å². The van der Waals surface area contributed by atoms with Crippen molar-refractivity contribution in [3.05, 3.63) is 95.6 Å². The van der Waals surface area contributed by atoms with E-state index < -0.39 is 0 Å². The molecule has 6 nitrogen and oxygen atoms in total. The van der Waals surface area contributed by atoms with Gasteiger partial charge in [0.2, 0.25) is 5.91 Å². The minimum Gasteiger partial charge on any atom is -0.493 e. The van der Waals surface area contributed by atoms with Crippen molar-refractivity contribution >= 4 is 29.1 Å². The Morgan fingerprint density at radius 1 is 0.969 bits per heavy atom. The number of thioether (sulfide) groups is 1. The van der Waals surface area contributed by atoms with E-state index in [4.69, 9.17) is 9.47 Å². The summed E-state index contributed by atoms with van der Waals surface area (Å²) in [5.41, 5.74) is 3.01. The zero-order valence-corrected chi connectivity index (χ0v) is 18.4. The second-order valence-corrected chi connectivity index (χ2v) is 8.31. The van der Waals surface area contributed by atoms with Crippen molar-refractivity contribution in [2.24, 2.45) is 10.2 Å². The number of amidine groups is 1. The molecule has 0 aromatic heterocycles. The molecule has 1 atom stereocenters. The number of methoxy groups -OCH3 is 1. The number of rotatable bonds is 8. The summed E-state index contributed by atoms with van der Waals surface area (Å²) in [5.74, 6) is 1.22. The summed E-state index contributed by atoms with van der Waals surface area (Å²) < 4.78 is 11.3. The molecular weight excluding hydrogens is 422 g/mol. The van der Waals surface area contributed by atoms with Crippen LogP contribution in [0, 0.1) is 0 Å². The zero-order valence-electron chi connectivity index (χ0n) is 17.6. The van der Waals surface area contributed by atoms with E-state index in [1.807, 2.05) is 78.9 Å². The van der Waals surface area contributed by atoms with Gasteiger partial charge in [-0.25, -0.2) is 0 Å². The first-order valence-corrected chi connectivity index (χ1v) is 11.1. The Balaban J connectivity index is 1.36. The van der Waals surface area contributed by atoms with Gasteiger partial charge in [-0.3, -0.25) is 4.79 Å². The van der Waals surface area contributed by atoms with Gasteiger partial charge in [0.15, 0.2) is 16.7 Å². The maximum absolute atomic E-state index is 12.2. The van der Waals surface area contributed by atoms with E-state index in [0.29, 0.717) is 29.7 Å². The highest BCUT2D eigenvalue weighted by molar-refractivity contribution is 8.15. The van der Waals surface area contributed by atoms with Gasteiger partial charge in [0.05, 0.1) is 18.6 Å².